The molecule has 50 heavy (non-hydrogen) atoms. The van der Waals surface area contributed by atoms with Crippen LogP contribution in [0.4, 0.5) is 38.6 Å². The summed E-state index contributed by atoms with van der Waals surface area (Å²) >= 11 is 7.42. The highest BCUT2D eigenvalue weighted by Gasteiger charge is 2.44. The molecule has 0 bridgehead atoms. The first-order chi connectivity index (χ1) is 23.7. The number of likely N-dealkylation sites (tertiary alicyclic amines) is 1. The number of benzene rings is 2. The lowest BCUT2D eigenvalue weighted by molar-refractivity contribution is -0.0679. The third-order valence-electron chi connectivity index (χ3n) is 9.42. The molecule has 262 valence electrons. The lowest BCUT2D eigenvalue weighted by Gasteiger charge is -2.44. The van der Waals surface area contributed by atoms with E-state index in [9.17, 15) is 18.4 Å². The van der Waals surface area contributed by atoms with Crippen LogP contribution in [0.3, 0.4) is 0 Å². The van der Waals surface area contributed by atoms with E-state index in [1.165, 1.54) is 18.6 Å². The smallest absolute Gasteiger partial charge is 0.319 e. The van der Waals surface area contributed by atoms with E-state index in [1.807, 2.05) is 18.0 Å². The summed E-state index contributed by atoms with van der Waals surface area (Å²) in [7, 11) is 3.47. The standard InChI is InChI=1S/C33H31ClF5N9OS/c1-14(17-10-43-13-44-29(17)41)48(4)31-15-7-19(34)23(24-20(35)8-21(36)27-22(24)16(9-40)30(42)50-27)25(37)26(15)45-32(46-31)49-12-33(2)11-47(3)6-5-18(33)28(38)39/h7-8,10,13-14,18,28H,5-6,11-12,42H2,1-4H3,(H2,41,43,44)/t14-,18+,33-/m1/s1. The molecule has 1 fully saturated rings. The summed E-state index contributed by atoms with van der Waals surface area (Å²) in [6, 6.07) is 2.83. The predicted molar refractivity (Wildman–Crippen MR) is 183 cm³/mol. The zero-order valence-corrected chi connectivity index (χ0v) is 28.8. The molecule has 0 amide bonds. The number of halogens is 6. The van der Waals surface area contributed by atoms with Gasteiger partial charge in [0.05, 0.1) is 27.9 Å². The van der Waals surface area contributed by atoms with Crippen molar-refractivity contribution in [1.29, 1.82) is 5.26 Å². The molecule has 10 nitrogen and oxygen atoms in total. The lowest BCUT2D eigenvalue weighted by atomic mass is 9.73. The minimum absolute atomic E-state index is 0.0755. The van der Waals surface area contributed by atoms with Crippen LogP contribution in [-0.2, 0) is 0 Å². The van der Waals surface area contributed by atoms with Crippen LogP contribution in [0.5, 0.6) is 6.01 Å². The van der Waals surface area contributed by atoms with Crippen LogP contribution < -0.4 is 21.1 Å². The Bertz CT molecular complexity index is 2180. The molecule has 6 rings (SSSR count). The van der Waals surface area contributed by atoms with Crippen molar-refractivity contribution in [2.24, 2.45) is 11.3 Å². The molecule has 2 aromatic carbocycles. The van der Waals surface area contributed by atoms with E-state index in [0.29, 0.717) is 36.1 Å². The molecular weight excluding hydrogens is 701 g/mol. The van der Waals surface area contributed by atoms with Gasteiger partial charge < -0.3 is 26.0 Å². The first-order valence-corrected chi connectivity index (χ1v) is 16.5. The molecule has 3 atom stereocenters. The van der Waals surface area contributed by atoms with Crippen LogP contribution >= 0.6 is 22.9 Å². The number of fused-ring (bicyclic) bond motifs is 2. The van der Waals surface area contributed by atoms with Crippen LogP contribution in [-0.4, -0.2) is 65.1 Å². The van der Waals surface area contributed by atoms with Crippen molar-refractivity contribution in [3.63, 3.8) is 0 Å². The Balaban J connectivity index is 1.57. The van der Waals surface area contributed by atoms with Crippen LogP contribution in [0.15, 0.2) is 24.7 Å². The Hall–Kier alpha value is -4.59. The zero-order chi connectivity index (χ0) is 36.2. The van der Waals surface area contributed by atoms with Gasteiger partial charge in [0, 0.05) is 64.7 Å². The average Bonchev–Trinajstić information content (AvgIpc) is 3.40. The van der Waals surface area contributed by atoms with Gasteiger partial charge in [0.25, 0.3) is 0 Å². The van der Waals surface area contributed by atoms with Crippen molar-refractivity contribution < 1.29 is 26.7 Å². The molecule has 5 aromatic rings. The molecule has 1 saturated heterocycles. The van der Waals surface area contributed by atoms with Gasteiger partial charge >= 0.3 is 6.01 Å². The first kappa shape index (κ1) is 35.2. The van der Waals surface area contributed by atoms with Crippen LogP contribution in [0.25, 0.3) is 32.1 Å². The van der Waals surface area contributed by atoms with Crippen molar-refractivity contribution in [1.82, 2.24) is 24.8 Å². The van der Waals surface area contributed by atoms with Crippen LogP contribution in [0.2, 0.25) is 5.02 Å². The molecule has 4 heterocycles. The van der Waals surface area contributed by atoms with E-state index >= 15 is 8.78 Å². The topological polar surface area (TPSA) is 143 Å². The summed E-state index contributed by atoms with van der Waals surface area (Å²) in [6.07, 6.45) is 0.437. The van der Waals surface area contributed by atoms with Gasteiger partial charge in [0.15, 0.2) is 5.82 Å². The Labute approximate surface area is 292 Å². The number of nitrogen functional groups attached to an aromatic ring is 2. The molecule has 1 aliphatic heterocycles. The summed E-state index contributed by atoms with van der Waals surface area (Å²) in [5.41, 5.74) is 10.0. The Kier molecular flexibility index (Phi) is 9.35. The summed E-state index contributed by atoms with van der Waals surface area (Å²) < 4.78 is 81.8. The third kappa shape index (κ3) is 5.96. The quantitative estimate of drug-likeness (QED) is 0.157. The van der Waals surface area contributed by atoms with Crippen molar-refractivity contribution >= 4 is 60.6 Å². The largest absolute Gasteiger partial charge is 0.463 e. The first-order valence-electron chi connectivity index (χ1n) is 15.3. The number of nitrogens with two attached hydrogens (primary N) is 2. The number of nitrogens with zero attached hydrogens (tertiary/aromatic N) is 7. The number of nitriles is 1. The molecule has 1 aliphatic rings. The number of thiophene rings is 1. The molecule has 0 unspecified atom stereocenters. The van der Waals surface area contributed by atoms with Gasteiger partial charge in [-0.05, 0) is 33.0 Å². The molecular formula is C33H31ClF5N9OS. The fourth-order valence-corrected chi connectivity index (χ4v) is 7.92. The number of hydrogen-bond acceptors (Lipinski definition) is 11. The second-order valence-corrected chi connectivity index (χ2v) is 14.2. The van der Waals surface area contributed by atoms with E-state index in [1.54, 1.807) is 25.8 Å². The highest BCUT2D eigenvalue weighted by atomic mass is 35.5. The summed E-state index contributed by atoms with van der Waals surface area (Å²) in [5, 5.41) is 9.27. The van der Waals surface area contributed by atoms with Gasteiger partial charge in [0.2, 0.25) is 6.43 Å². The number of aromatic nitrogens is 4. The number of piperidine rings is 1. The molecule has 4 N–H and O–H groups in total. The average molecular weight is 732 g/mol. The van der Waals surface area contributed by atoms with Gasteiger partial charge in [-0.1, -0.05) is 18.5 Å². The van der Waals surface area contributed by atoms with Crippen molar-refractivity contribution in [2.45, 2.75) is 32.7 Å². The van der Waals surface area contributed by atoms with E-state index in [-0.39, 0.29) is 67.3 Å². The molecule has 0 saturated carbocycles. The van der Waals surface area contributed by atoms with Crippen LogP contribution in [0.1, 0.15) is 37.4 Å². The molecule has 0 radical (unpaired) electrons. The normalized spacial score (nSPS) is 18.9. The van der Waals surface area contributed by atoms with E-state index in [2.05, 4.69) is 19.9 Å². The predicted octanol–water partition coefficient (Wildman–Crippen LogP) is 7.21. The van der Waals surface area contributed by atoms with Crippen molar-refractivity contribution in [3.8, 4) is 23.2 Å². The number of anilines is 3. The zero-order valence-electron chi connectivity index (χ0n) is 27.2. The van der Waals surface area contributed by atoms with Gasteiger partial charge in [-0.3, -0.25) is 0 Å². The highest BCUT2D eigenvalue weighted by Crippen LogP contribution is 2.47. The maximum absolute atomic E-state index is 17.0. The summed E-state index contributed by atoms with van der Waals surface area (Å²) in [4.78, 5) is 20.6. The van der Waals surface area contributed by atoms with E-state index in [4.69, 9.17) is 27.8 Å². The monoisotopic (exact) mass is 731 g/mol. The number of alkyl halides is 2. The fourth-order valence-electron chi connectivity index (χ4n) is 6.70. The van der Waals surface area contributed by atoms with Crippen LogP contribution in [0, 0.1) is 40.1 Å². The second kappa shape index (κ2) is 13.3. The second-order valence-electron chi connectivity index (χ2n) is 12.7. The van der Waals surface area contributed by atoms with Crippen molar-refractivity contribution in [3.05, 3.63) is 58.3 Å². The molecule has 0 aliphatic carbocycles. The maximum Gasteiger partial charge on any atom is 0.319 e. The fraction of sp³-hybridized carbons (Fsp3) is 0.364. The Morgan fingerprint density at radius 2 is 1.94 bits per heavy atom. The van der Waals surface area contributed by atoms with Gasteiger partial charge in [-0.15, -0.1) is 11.3 Å². The summed E-state index contributed by atoms with van der Waals surface area (Å²) in [6.45, 7) is 4.02. The van der Waals surface area contributed by atoms with E-state index < -0.39 is 52.4 Å². The highest BCUT2D eigenvalue weighted by molar-refractivity contribution is 7.23. The Morgan fingerprint density at radius 3 is 2.62 bits per heavy atom. The number of ether oxygens (including phenoxy) is 1. The minimum Gasteiger partial charge on any atom is -0.463 e. The number of rotatable bonds is 8. The van der Waals surface area contributed by atoms with Crippen molar-refractivity contribution in [2.75, 3.05) is 50.2 Å². The van der Waals surface area contributed by atoms with Gasteiger partial charge in [0.1, 0.15) is 46.2 Å². The molecule has 3 aromatic heterocycles. The number of hydrogen-bond donors (Lipinski definition) is 2. The van der Waals surface area contributed by atoms with Gasteiger partial charge in [-0.2, -0.15) is 15.2 Å². The summed E-state index contributed by atoms with van der Waals surface area (Å²) in [5.74, 6) is -3.99. The molecule has 17 heteroatoms. The third-order valence-corrected chi connectivity index (χ3v) is 10.7. The maximum atomic E-state index is 17.0. The lowest BCUT2D eigenvalue weighted by Crippen LogP contribution is -2.51. The van der Waals surface area contributed by atoms with E-state index in [0.717, 1.165) is 0 Å². The SMILES string of the molecule is C[C@H](c1cncnc1N)N(C)c1nc(OC[C@@]2(C)CN(C)CC[C@H]2C(F)F)nc2c(F)c(-c3c(F)cc(F)c4sc(N)c(C#N)c34)c(Cl)cc12. The van der Waals surface area contributed by atoms with Gasteiger partial charge in [-0.25, -0.2) is 31.9 Å². The minimum atomic E-state index is -2.61. The Morgan fingerprint density at radius 1 is 1.20 bits per heavy atom. The molecule has 0 spiro atoms.